The van der Waals surface area contributed by atoms with E-state index in [2.05, 4.69) is 20.8 Å². The van der Waals surface area contributed by atoms with Crippen LogP contribution in [-0.2, 0) is 4.79 Å². The molecule has 2 fully saturated rings. The monoisotopic (exact) mass is 371 g/mol. The van der Waals surface area contributed by atoms with Gasteiger partial charge in [-0.25, -0.2) is 4.68 Å². The smallest absolute Gasteiger partial charge is 0.279 e. The molecule has 0 bridgehead atoms. The topological polar surface area (TPSA) is 81.6 Å². The highest BCUT2D eigenvalue weighted by atomic mass is 16.2. The van der Waals surface area contributed by atoms with Gasteiger partial charge in [-0.1, -0.05) is 6.42 Å². The van der Waals surface area contributed by atoms with E-state index in [0.717, 1.165) is 30.5 Å². The molecule has 27 heavy (non-hydrogen) atoms. The number of tetrazole rings is 1. The maximum Gasteiger partial charge on any atom is 0.279 e. The van der Waals surface area contributed by atoms with Gasteiger partial charge in [-0.15, -0.1) is 5.10 Å². The largest absolute Gasteiger partial charge is 0.323 e. The summed E-state index contributed by atoms with van der Waals surface area (Å²) in [6.45, 7) is 5.14. The predicted molar refractivity (Wildman–Crippen MR) is 101 cm³/mol. The van der Waals surface area contributed by atoms with Crippen LogP contribution in [0.25, 0.3) is 5.69 Å². The number of nitrogens with one attached hydrogen (secondary N) is 3. The Morgan fingerprint density at radius 1 is 1.07 bits per heavy atom. The number of anilines is 1. The molecule has 2 aliphatic rings. The van der Waals surface area contributed by atoms with Crippen LogP contribution in [-0.4, -0.2) is 64.9 Å². The second-order valence-electron chi connectivity index (χ2n) is 7.77. The Labute approximate surface area is 159 Å². The Bertz CT molecular complexity index is 717. The lowest BCUT2D eigenvalue weighted by Gasteiger charge is -2.36. The first-order chi connectivity index (χ1) is 13.3. The number of benzene rings is 1. The summed E-state index contributed by atoms with van der Waals surface area (Å²) in [6, 6.07) is 8.42. The van der Waals surface area contributed by atoms with E-state index in [1.807, 2.05) is 24.3 Å². The molecule has 0 atom stereocenters. The fourth-order valence-corrected chi connectivity index (χ4v) is 4.43. The maximum atomic E-state index is 12.4. The highest BCUT2D eigenvalue weighted by Gasteiger charge is 2.31. The molecule has 1 amide bonds. The Kier molecular flexibility index (Phi) is 5.74. The van der Waals surface area contributed by atoms with Gasteiger partial charge in [0.2, 0.25) is 0 Å². The normalized spacial score (nSPS) is 23.9. The zero-order valence-corrected chi connectivity index (χ0v) is 15.7. The van der Waals surface area contributed by atoms with Crippen LogP contribution in [0.3, 0.4) is 0 Å². The number of amides is 1. The number of carbonyl (C=O) groups is 1. The van der Waals surface area contributed by atoms with Gasteiger partial charge in [0.15, 0.2) is 6.54 Å². The van der Waals surface area contributed by atoms with E-state index in [0.29, 0.717) is 6.54 Å². The van der Waals surface area contributed by atoms with E-state index in [-0.39, 0.29) is 5.91 Å². The van der Waals surface area contributed by atoms with Crippen molar-refractivity contribution in [1.29, 1.82) is 0 Å². The molecule has 0 radical (unpaired) electrons. The standard InChI is InChI=1S/C19H27N7O/c27-19(21-16-6-8-18(9-7-16)26-15-20-22-23-26)14-24-10-12-25(13-11-24)17-4-2-1-3-5-17/h6-9,15,17H,1-5,10-14H2,(H,21,27)/p+2. The van der Waals surface area contributed by atoms with Gasteiger partial charge in [-0.3, -0.25) is 4.79 Å². The number of carbonyl (C=O) groups excluding carboxylic acids is 1. The Balaban J connectivity index is 1.23. The first kappa shape index (κ1) is 18.1. The molecule has 1 saturated heterocycles. The molecule has 1 aromatic carbocycles. The molecule has 144 valence electrons. The molecule has 1 aromatic heterocycles. The summed E-state index contributed by atoms with van der Waals surface area (Å²) < 4.78 is 1.59. The average Bonchev–Trinajstić information content (AvgIpc) is 3.25. The minimum atomic E-state index is 0.0845. The van der Waals surface area contributed by atoms with Crippen molar-refractivity contribution in [2.75, 3.05) is 38.0 Å². The van der Waals surface area contributed by atoms with Crippen LogP contribution in [0.2, 0.25) is 0 Å². The van der Waals surface area contributed by atoms with Gasteiger partial charge >= 0.3 is 0 Å². The van der Waals surface area contributed by atoms with E-state index in [9.17, 15) is 4.79 Å². The predicted octanol–water partition coefficient (Wildman–Crippen LogP) is -1.28. The van der Waals surface area contributed by atoms with Crippen molar-refractivity contribution in [2.45, 2.75) is 38.1 Å². The SMILES string of the molecule is O=C(C[NH+]1CC[NH+](C2CCCCC2)CC1)Nc1ccc(-n2cnnn2)cc1. The van der Waals surface area contributed by atoms with Crippen LogP contribution in [0, 0.1) is 0 Å². The summed E-state index contributed by atoms with van der Waals surface area (Å²) in [5.41, 5.74) is 1.67. The Morgan fingerprint density at radius 2 is 1.81 bits per heavy atom. The highest BCUT2D eigenvalue weighted by molar-refractivity contribution is 5.91. The van der Waals surface area contributed by atoms with Crippen LogP contribution in [0.15, 0.2) is 30.6 Å². The second-order valence-corrected chi connectivity index (χ2v) is 7.77. The van der Waals surface area contributed by atoms with Crippen LogP contribution in [0.1, 0.15) is 32.1 Å². The van der Waals surface area contributed by atoms with E-state index in [1.165, 1.54) is 50.1 Å². The molecule has 8 nitrogen and oxygen atoms in total. The lowest BCUT2D eigenvalue weighted by Crippen LogP contribution is -3.30. The summed E-state index contributed by atoms with van der Waals surface area (Å²) in [5.74, 6) is 0.0845. The van der Waals surface area contributed by atoms with Gasteiger partial charge in [0.25, 0.3) is 5.91 Å². The summed E-state index contributed by atoms with van der Waals surface area (Å²) in [5, 5.41) is 14.1. The number of hydrogen-bond acceptors (Lipinski definition) is 4. The van der Waals surface area contributed by atoms with Gasteiger partial charge < -0.3 is 15.1 Å². The van der Waals surface area contributed by atoms with Crippen LogP contribution in [0.4, 0.5) is 5.69 Å². The molecule has 2 aromatic rings. The molecular weight excluding hydrogens is 342 g/mol. The van der Waals surface area contributed by atoms with Crippen molar-refractivity contribution in [3.8, 4) is 5.69 Å². The number of hydrogen-bond donors (Lipinski definition) is 3. The third kappa shape index (κ3) is 4.70. The van der Waals surface area contributed by atoms with Crippen LogP contribution < -0.4 is 15.1 Å². The fourth-order valence-electron chi connectivity index (χ4n) is 4.43. The molecule has 3 N–H and O–H groups in total. The molecule has 1 aliphatic carbocycles. The lowest BCUT2D eigenvalue weighted by atomic mass is 9.94. The third-order valence-electron chi connectivity index (χ3n) is 5.96. The molecule has 0 spiro atoms. The quantitative estimate of drug-likeness (QED) is 0.611. The maximum absolute atomic E-state index is 12.4. The number of nitrogens with zero attached hydrogens (tertiary/aromatic N) is 4. The van der Waals surface area contributed by atoms with E-state index in [1.54, 1.807) is 15.9 Å². The van der Waals surface area contributed by atoms with E-state index in [4.69, 9.17) is 0 Å². The zero-order valence-electron chi connectivity index (χ0n) is 15.7. The summed E-state index contributed by atoms with van der Waals surface area (Å²) in [6.07, 6.45) is 8.56. The highest BCUT2D eigenvalue weighted by Crippen LogP contribution is 2.15. The Hall–Kier alpha value is -2.32. The van der Waals surface area contributed by atoms with Crippen molar-refractivity contribution in [2.24, 2.45) is 0 Å². The zero-order chi connectivity index (χ0) is 18.5. The van der Waals surface area contributed by atoms with Crippen molar-refractivity contribution >= 4 is 11.6 Å². The minimum absolute atomic E-state index is 0.0845. The average molecular weight is 371 g/mol. The van der Waals surface area contributed by atoms with Gasteiger partial charge in [0.1, 0.15) is 32.5 Å². The van der Waals surface area contributed by atoms with E-state index >= 15 is 0 Å². The summed E-state index contributed by atoms with van der Waals surface area (Å²) in [7, 11) is 0. The lowest BCUT2D eigenvalue weighted by molar-refractivity contribution is -1.02. The van der Waals surface area contributed by atoms with Crippen molar-refractivity contribution in [3.63, 3.8) is 0 Å². The summed E-state index contributed by atoms with van der Waals surface area (Å²) in [4.78, 5) is 15.6. The first-order valence-electron chi connectivity index (χ1n) is 10.1. The molecule has 1 saturated carbocycles. The molecule has 0 unspecified atom stereocenters. The molecular formula is C19H29N7O+2. The first-order valence-corrected chi connectivity index (χ1v) is 10.1. The van der Waals surface area contributed by atoms with Gasteiger partial charge in [-0.2, -0.15) is 0 Å². The van der Waals surface area contributed by atoms with Crippen molar-refractivity contribution in [1.82, 2.24) is 20.2 Å². The Morgan fingerprint density at radius 3 is 2.48 bits per heavy atom. The number of aromatic nitrogens is 4. The van der Waals surface area contributed by atoms with E-state index < -0.39 is 0 Å². The number of piperazine rings is 1. The molecule has 2 heterocycles. The second kappa shape index (κ2) is 8.58. The van der Waals surface area contributed by atoms with Crippen LogP contribution >= 0.6 is 0 Å². The van der Waals surface area contributed by atoms with Crippen molar-refractivity contribution in [3.05, 3.63) is 30.6 Å². The van der Waals surface area contributed by atoms with Gasteiger partial charge in [0.05, 0.1) is 11.7 Å². The molecule has 4 rings (SSSR count). The summed E-state index contributed by atoms with van der Waals surface area (Å²) >= 11 is 0. The molecule has 1 aliphatic heterocycles. The van der Waals surface area contributed by atoms with Gasteiger partial charge in [-0.05, 0) is 60.4 Å². The third-order valence-corrected chi connectivity index (χ3v) is 5.96. The van der Waals surface area contributed by atoms with Gasteiger partial charge in [0, 0.05) is 5.69 Å². The van der Waals surface area contributed by atoms with Crippen LogP contribution in [0.5, 0.6) is 0 Å². The number of quaternary nitrogens is 2. The minimum Gasteiger partial charge on any atom is -0.323 e. The van der Waals surface area contributed by atoms with Crippen molar-refractivity contribution < 1.29 is 14.6 Å². The fraction of sp³-hybridized carbons (Fsp3) is 0.579. The molecule has 8 heteroatoms. The number of rotatable bonds is 5.